The second kappa shape index (κ2) is 7.18. The molecule has 2 aromatic carbocycles. The van der Waals surface area contributed by atoms with Gasteiger partial charge in [-0.05, 0) is 50.5 Å². The summed E-state index contributed by atoms with van der Waals surface area (Å²) in [5.74, 6) is 0.240. The number of nitrogens with one attached hydrogen (secondary N) is 1. The highest BCUT2D eigenvalue weighted by Crippen LogP contribution is 2.23. The number of rotatable bonds is 5. The number of nitrogens with zero attached hydrogens (tertiary/aromatic N) is 1. The highest BCUT2D eigenvalue weighted by atomic mass is 16.2. The zero-order valence-corrected chi connectivity index (χ0v) is 14.8. The first-order chi connectivity index (χ1) is 11.5. The number of carbonyl (C=O) groups excluding carboxylic acids is 1. The molecule has 1 atom stereocenters. The van der Waals surface area contributed by atoms with Crippen molar-refractivity contribution in [1.82, 2.24) is 5.32 Å². The molecule has 0 aliphatic carbocycles. The minimum absolute atomic E-state index is 0.240. The molecule has 0 aromatic heterocycles. The van der Waals surface area contributed by atoms with Gasteiger partial charge < -0.3 is 10.2 Å². The quantitative estimate of drug-likeness (QED) is 0.891. The fourth-order valence-corrected chi connectivity index (χ4v) is 3.42. The summed E-state index contributed by atoms with van der Waals surface area (Å²) in [5.41, 5.74) is 6.19. The Labute approximate surface area is 144 Å². The van der Waals surface area contributed by atoms with E-state index in [-0.39, 0.29) is 11.9 Å². The molecule has 1 N–H and O–H groups in total. The van der Waals surface area contributed by atoms with E-state index in [1.807, 2.05) is 4.90 Å². The Morgan fingerprint density at radius 2 is 1.75 bits per heavy atom. The molecule has 0 radical (unpaired) electrons. The van der Waals surface area contributed by atoms with Crippen molar-refractivity contribution >= 4 is 11.6 Å². The highest BCUT2D eigenvalue weighted by molar-refractivity contribution is 5.95. The molecule has 1 aliphatic heterocycles. The van der Waals surface area contributed by atoms with Gasteiger partial charge in [0.05, 0.1) is 0 Å². The number of hydrogen-bond donors (Lipinski definition) is 1. The van der Waals surface area contributed by atoms with Crippen molar-refractivity contribution < 1.29 is 4.79 Å². The third-order valence-electron chi connectivity index (χ3n) is 4.67. The number of amides is 1. The van der Waals surface area contributed by atoms with E-state index in [9.17, 15) is 4.79 Å². The minimum Gasteiger partial charge on any atom is -0.312 e. The first-order valence-electron chi connectivity index (χ1n) is 8.74. The van der Waals surface area contributed by atoms with Crippen molar-refractivity contribution in [3.63, 3.8) is 0 Å². The normalized spacial score (nSPS) is 15.8. The molecule has 1 unspecified atom stereocenters. The van der Waals surface area contributed by atoms with E-state index in [0.717, 1.165) is 25.2 Å². The Bertz CT molecular complexity index is 701. The van der Waals surface area contributed by atoms with Gasteiger partial charge in [0, 0.05) is 31.2 Å². The van der Waals surface area contributed by atoms with Crippen molar-refractivity contribution in [2.75, 3.05) is 11.4 Å². The maximum atomic E-state index is 11.8. The fourth-order valence-electron chi connectivity index (χ4n) is 3.42. The summed E-state index contributed by atoms with van der Waals surface area (Å²) >= 11 is 0. The molecule has 0 saturated carbocycles. The third-order valence-corrected chi connectivity index (χ3v) is 4.67. The van der Waals surface area contributed by atoms with E-state index in [1.165, 1.54) is 22.3 Å². The van der Waals surface area contributed by atoms with Gasteiger partial charge >= 0.3 is 0 Å². The Morgan fingerprint density at radius 3 is 2.33 bits per heavy atom. The van der Waals surface area contributed by atoms with Crippen molar-refractivity contribution in [3.05, 3.63) is 64.7 Å². The van der Waals surface area contributed by atoms with Gasteiger partial charge in [0.15, 0.2) is 0 Å². The van der Waals surface area contributed by atoms with E-state index in [1.54, 1.807) is 0 Å². The first-order valence-corrected chi connectivity index (χ1v) is 8.74. The largest absolute Gasteiger partial charge is 0.312 e. The average molecular weight is 322 g/mol. The summed E-state index contributed by atoms with van der Waals surface area (Å²) in [4.78, 5) is 13.7. The molecule has 126 valence electrons. The highest BCUT2D eigenvalue weighted by Gasteiger charge is 2.21. The van der Waals surface area contributed by atoms with Gasteiger partial charge in [-0.3, -0.25) is 4.79 Å². The van der Waals surface area contributed by atoms with Crippen LogP contribution in [0.5, 0.6) is 0 Å². The van der Waals surface area contributed by atoms with Crippen LogP contribution in [-0.2, 0) is 11.3 Å². The fraction of sp³-hybridized carbons (Fsp3) is 0.381. The van der Waals surface area contributed by atoms with Crippen LogP contribution in [0.25, 0.3) is 0 Å². The number of anilines is 1. The van der Waals surface area contributed by atoms with Gasteiger partial charge in [0.25, 0.3) is 0 Å². The summed E-state index contributed by atoms with van der Waals surface area (Å²) in [6.07, 6.45) is 1.64. The standard InChI is InChI=1S/C21H26N2O/c1-15-11-16(2)13-18(12-15)14-22-17(3)19-6-8-20(9-7-19)23-10-4-5-21(23)24/h6-9,11-13,17,22H,4-5,10,14H2,1-3H3. The summed E-state index contributed by atoms with van der Waals surface area (Å²) in [5, 5.41) is 3.59. The molecular weight excluding hydrogens is 296 g/mol. The van der Waals surface area contributed by atoms with E-state index in [2.05, 4.69) is 68.6 Å². The van der Waals surface area contributed by atoms with Crippen LogP contribution in [0.1, 0.15) is 48.1 Å². The Morgan fingerprint density at radius 1 is 1.08 bits per heavy atom. The predicted molar refractivity (Wildman–Crippen MR) is 99.2 cm³/mol. The number of hydrogen-bond acceptors (Lipinski definition) is 2. The van der Waals surface area contributed by atoms with Crippen molar-refractivity contribution in [2.24, 2.45) is 0 Å². The van der Waals surface area contributed by atoms with Crippen LogP contribution < -0.4 is 10.2 Å². The number of carbonyl (C=O) groups is 1. The second-order valence-electron chi connectivity index (χ2n) is 6.84. The molecule has 1 saturated heterocycles. The molecule has 0 bridgehead atoms. The molecular formula is C21H26N2O. The van der Waals surface area contributed by atoms with E-state index < -0.39 is 0 Å². The predicted octanol–water partition coefficient (Wildman–Crippen LogP) is 4.28. The zero-order valence-electron chi connectivity index (χ0n) is 14.8. The summed E-state index contributed by atoms with van der Waals surface area (Å²) in [6, 6.07) is 15.3. The van der Waals surface area contributed by atoms with Crippen molar-refractivity contribution in [3.8, 4) is 0 Å². The van der Waals surface area contributed by atoms with E-state index in [4.69, 9.17) is 0 Å². The van der Waals surface area contributed by atoms with Crippen molar-refractivity contribution in [1.29, 1.82) is 0 Å². The Balaban J connectivity index is 1.62. The molecule has 1 fully saturated rings. The monoisotopic (exact) mass is 322 g/mol. The lowest BCUT2D eigenvalue weighted by molar-refractivity contribution is -0.117. The van der Waals surface area contributed by atoms with Crippen LogP contribution in [0.3, 0.4) is 0 Å². The lowest BCUT2D eigenvalue weighted by Gasteiger charge is -2.18. The van der Waals surface area contributed by atoms with Gasteiger partial charge in [0.2, 0.25) is 5.91 Å². The zero-order chi connectivity index (χ0) is 17.1. The summed E-state index contributed by atoms with van der Waals surface area (Å²) < 4.78 is 0. The van der Waals surface area contributed by atoms with Gasteiger partial charge in [-0.1, -0.05) is 41.5 Å². The Kier molecular flexibility index (Phi) is 5.00. The van der Waals surface area contributed by atoms with Crippen LogP contribution in [0.15, 0.2) is 42.5 Å². The molecule has 3 heteroatoms. The lowest BCUT2D eigenvalue weighted by Crippen LogP contribution is -2.23. The molecule has 3 nitrogen and oxygen atoms in total. The van der Waals surface area contributed by atoms with Gasteiger partial charge in [-0.2, -0.15) is 0 Å². The lowest BCUT2D eigenvalue weighted by atomic mass is 10.1. The molecule has 3 rings (SSSR count). The SMILES string of the molecule is Cc1cc(C)cc(CNC(C)c2ccc(N3CCCC3=O)cc2)c1. The molecule has 1 amide bonds. The second-order valence-corrected chi connectivity index (χ2v) is 6.84. The van der Waals surface area contributed by atoms with Crippen LogP contribution >= 0.6 is 0 Å². The molecule has 0 spiro atoms. The van der Waals surface area contributed by atoms with Crippen LogP contribution in [0.4, 0.5) is 5.69 Å². The van der Waals surface area contributed by atoms with Crippen LogP contribution in [0, 0.1) is 13.8 Å². The van der Waals surface area contributed by atoms with Crippen LogP contribution in [-0.4, -0.2) is 12.5 Å². The molecule has 2 aromatic rings. The maximum absolute atomic E-state index is 11.8. The summed E-state index contributed by atoms with van der Waals surface area (Å²) in [6.45, 7) is 8.16. The molecule has 24 heavy (non-hydrogen) atoms. The van der Waals surface area contributed by atoms with Gasteiger partial charge in [0.1, 0.15) is 0 Å². The molecule has 1 aliphatic rings. The van der Waals surface area contributed by atoms with Gasteiger partial charge in [-0.15, -0.1) is 0 Å². The minimum atomic E-state index is 0.240. The maximum Gasteiger partial charge on any atom is 0.227 e. The Hall–Kier alpha value is -2.13. The van der Waals surface area contributed by atoms with E-state index in [0.29, 0.717) is 6.42 Å². The number of aryl methyl sites for hydroxylation is 2. The van der Waals surface area contributed by atoms with Gasteiger partial charge in [-0.25, -0.2) is 0 Å². The van der Waals surface area contributed by atoms with Crippen molar-refractivity contribution in [2.45, 2.75) is 46.2 Å². The topological polar surface area (TPSA) is 32.3 Å². The number of benzene rings is 2. The smallest absolute Gasteiger partial charge is 0.227 e. The average Bonchev–Trinajstić information content (AvgIpc) is 2.98. The van der Waals surface area contributed by atoms with E-state index >= 15 is 0 Å². The summed E-state index contributed by atoms with van der Waals surface area (Å²) in [7, 11) is 0. The van der Waals surface area contributed by atoms with Crippen LogP contribution in [0.2, 0.25) is 0 Å². The molecule has 1 heterocycles. The first kappa shape index (κ1) is 16.7. The third kappa shape index (κ3) is 3.85.